The van der Waals surface area contributed by atoms with Crippen LogP contribution in [-0.2, 0) is 13.1 Å². The third-order valence-electron chi connectivity index (χ3n) is 4.05. The molecule has 4 aromatic rings. The van der Waals surface area contributed by atoms with E-state index < -0.39 is 12.3 Å². The highest BCUT2D eigenvalue weighted by atomic mass is 19.3. The topological polar surface area (TPSA) is 109 Å². The van der Waals surface area contributed by atoms with Gasteiger partial charge in [-0.15, -0.1) is 20.4 Å². The van der Waals surface area contributed by atoms with E-state index in [-0.39, 0.29) is 5.89 Å². The van der Waals surface area contributed by atoms with Crippen molar-refractivity contribution < 1.29 is 13.2 Å². The molecule has 0 aliphatic heterocycles. The molecule has 0 spiro atoms. The lowest BCUT2D eigenvalue weighted by atomic mass is 10.1. The predicted octanol–water partition coefficient (Wildman–Crippen LogP) is 2.83. The van der Waals surface area contributed by atoms with Crippen molar-refractivity contribution >= 4 is 0 Å². The molecule has 0 atom stereocenters. The van der Waals surface area contributed by atoms with E-state index in [0.29, 0.717) is 24.5 Å². The normalized spacial score (nSPS) is 11.3. The standard InChI is InChI=1S/C18H15F2N7O/c19-15(20)18-24-23-17(28-18)14-7-3-12(4-8-14)10-27-25-16(22-26-27)13-5-1-11(9-21)2-6-13/h1-8,15H,9-10,21H2. The molecule has 2 aromatic carbocycles. The zero-order chi connectivity index (χ0) is 19.5. The summed E-state index contributed by atoms with van der Waals surface area (Å²) < 4.78 is 30.0. The Labute approximate surface area is 158 Å². The van der Waals surface area contributed by atoms with Crippen molar-refractivity contribution in [3.63, 3.8) is 0 Å². The van der Waals surface area contributed by atoms with Gasteiger partial charge in [0, 0.05) is 17.7 Å². The lowest BCUT2D eigenvalue weighted by Crippen LogP contribution is -2.04. The van der Waals surface area contributed by atoms with Crippen LogP contribution in [-0.4, -0.2) is 30.4 Å². The number of rotatable bonds is 6. The fourth-order valence-electron chi connectivity index (χ4n) is 2.57. The fraction of sp³-hybridized carbons (Fsp3) is 0.167. The Hall–Kier alpha value is -3.53. The van der Waals surface area contributed by atoms with Crippen molar-refractivity contribution in [3.05, 3.63) is 65.5 Å². The molecule has 2 aromatic heterocycles. The first-order valence-corrected chi connectivity index (χ1v) is 8.40. The number of nitrogens with two attached hydrogens (primary N) is 1. The van der Waals surface area contributed by atoms with Gasteiger partial charge in [0.15, 0.2) is 0 Å². The van der Waals surface area contributed by atoms with Gasteiger partial charge in [0.2, 0.25) is 11.7 Å². The largest absolute Gasteiger partial charge is 0.415 e. The number of hydrogen-bond acceptors (Lipinski definition) is 7. The number of hydrogen-bond donors (Lipinski definition) is 1. The Morgan fingerprint density at radius 3 is 2.21 bits per heavy atom. The van der Waals surface area contributed by atoms with Gasteiger partial charge in [-0.05, 0) is 28.5 Å². The molecule has 2 N–H and O–H groups in total. The van der Waals surface area contributed by atoms with Crippen LogP contribution in [0.1, 0.15) is 23.4 Å². The van der Waals surface area contributed by atoms with Crippen LogP contribution in [0.5, 0.6) is 0 Å². The van der Waals surface area contributed by atoms with E-state index in [4.69, 9.17) is 10.2 Å². The molecule has 10 heteroatoms. The quantitative estimate of drug-likeness (QED) is 0.545. The van der Waals surface area contributed by atoms with Gasteiger partial charge < -0.3 is 10.2 Å². The third-order valence-corrected chi connectivity index (χ3v) is 4.05. The number of halogens is 2. The highest BCUT2D eigenvalue weighted by molar-refractivity contribution is 5.54. The summed E-state index contributed by atoms with van der Waals surface area (Å²) in [6, 6.07) is 14.7. The third kappa shape index (κ3) is 3.76. The molecule has 0 fully saturated rings. The van der Waals surface area contributed by atoms with Gasteiger partial charge in [0.05, 0.1) is 6.54 Å². The van der Waals surface area contributed by atoms with Crippen molar-refractivity contribution in [2.24, 2.45) is 5.73 Å². The molecule has 0 unspecified atom stereocenters. The second-order valence-electron chi connectivity index (χ2n) is 5.99. The first-order valence-electron chi connectivity index (χ1n) is 8.40. The number of aromatic nitrogens is 6. The van der Waals surface area contributed by atoms with E-state index in [0.717, 1.165) is 16.7 Å². The van der Waals surface area contributed by atoms with E-state index in [9.17, 15) is 8.78 Å². The summed E-state index contributed by atoms with van der Waals surface area (Å²) in [6.07, 6.45) is -2.79. The summed E-state index contributed by atoms with van der Waals surface area (Å²) in [5, 5.41) is 19.4. The van der Waals surface area contributed by atoms with Gasteiger partial charge >= 0.3 is 6.43 Å². The van der Waals surface area contributed by atoms with E-state index in [2.05, 4.69) is 25.6 Å². The molecule has 0 amide bonds. The molecule has 0 aliphatic rings. The summed E-state index contributed by atoms with van der Waals surface area (Å²) >= 11 is 0. The highest BCUT2D eigenvalue weighted by Crippen LogP contribution is 2.23. The van der Waals surface area contributed by atoms with Crippen LogP contribution in [0, 0.1) is 0 Å². The lowest BCUT2D eigenvalue weighted by molar-refractivity contribution is 0.116. The maximum Gasteiger partial charge on any atom is 0.314 e. The van der Waals surface area contributed by atoms with Crippen LogP contribution < -0.4 is 5.73 Å². The van der Waals surface area contributed by atoms with Crippen molar-refractivity contribution in [2.75, 3.05) is 0 Å². The van der Waals surface area contributed by atoms with Gasteiger partial charge in [-0.25, -0.2) is 0 Å². The monoisotopic (exact) mass is 383 g/mol. The van der Waals surface area contributed by atoms with E-state index in [1.165, 1.54) is 4.80 Å². The molecular weight excluding hydrogens is 368 g/mol. The summed E-state index contributed by atoms with van der Waals surface area (Å²) in [5.41, 5.74) is 8.93. The van der Waals surface area contributed by atoms with Crippen LogP contribution in [0.15, 0.2) is 52.9 Å². The molecule has 4 rings (SSSR count). The van der Waals surface area contributed by atoms with Gasteiger partial charge in [0.25, 0.3) is 5.89 Å². The zero-order valence-corrected chi connectivity index (χ0v) is 14.5. The SMILES string of the molecule is NCc1ccc(-c2nnn(Cc3ccc(-c4nnc(C(F)F)o4)cc3)n2)cc1. The van der Waals surface area contributed by atoms with Gasteiger partial charge in [-0.1, -0.05) is 36.4 Å². The van der Waals surface area contributed by atoms with Crippen molar-refractivity contribution in [1.82, 2.24) is 30.4 Å². The molecule has 0 radical (unpaired) electrons. The maximum absolute atomic E-state index is 12.5. The van der Waals surface area contributed by atoms with Crippen LogP contribution in [0.2, 0.25) is 0 Å². The molecule has 0 saturated carbocycles. The molecule has 142 valence electrons. The first kappa shape index (κ1) is 17.9. The smallest absolute Gasteiger partial charge is 0.314 e. The zero-order valence-electron chi connectivity index (χ0n) is 14.5. The first-order chi connectivity index (χ1) is 13.6. The van der Waals surface area contributed by atoms with Crippen molar-refractivity contribution in [2.45, 2.75) is 19.5 Å². The molecule has 8 nitrogen and oxygen atoms in total. The minimum Gasteiger partial charge on any atom is -0.415 e. The summed E-state index contributed by atoms with van der Waals surface area (Å²) in [7, 11) is 0. The van der Waals surface area contributed by atoms with E-state index in [1.54, 1.807) is 24.3 Å². The minimum atomic E-state index is -2.79. The maximum atomic E-state index is 12.5. The number of nitrogens with zero attached hydrogens (tertiary/aromatic N) is 6. The summed E-state index contributed by atoms with van der Waals surface area (Å²) in [4.78, 5) is 1.47. The van der Waals surface area contributed by atoms with Crippen molar-refractivity contribution in [3.8, 4) is 22.8 Å². The van der Waals surface area contributed by atoms with Gasteiger partial charge in [0.1, 0.15) is 0 Å². The average molecular weight is 383 g/mol. The molecular formula is C18H15F2N7O. The summed E-state index contributed by atoms with van der Waals surface area (Å²) in [6.45, 7) is 0.879. The Balaban J connectivity index is 1.46. The molecule has 0 bridgehead atoms. The molecule has 0 saturated heterocycles. The fourth-order valence-corrected chi connectivity index (χ4v) is 2.57. The Kier molecular flexibility index (Phi) is 4.85. The molecule has 2 heterocycles. The minimum absolute atomic E-state index is 0.0453. The van der Waals surface area contributed by atoms with Crippen LogP contribution in [0.3, 0.4) is 0 Å². The number of tetrazole rings is 1. The van der Waals surface area contributed by atoms with E-state index in [1.807, 2.05) is 24.3 Å². The Morgan fingerprint density at radius 2 is 1.57 bits per heavy atom. The number of benzene rings is 2. The second kappa shape index (κ2) is 7.61. The molecule has 0 aliphatic carbocycles. The lowest BCUT2D eigenvalue weighted by Gasteiger charge is -2.01. The second-order valence-corrected chi connectivity index (χ2v) is 5.99. The van der Waals surface area contributed by atoms with E-state index >= 15 is 0 Å². The van der Waals surface area contributed by atoms with Crippen LogP contribution in [0.4, 0.5) is 8.78 Å². The van der Waals surface area contributed by atoms with Crippen LogP contribution >= 0.6 is 0 Å². The van der Waals surface area contributed by atoms with Crippen LogP contribution in [0.25, 0.3) is 22.8 Å². The Morgan fingerprint density at radius 1 is 0.893 bits per heavy atom. The molecule has 28 heavy (non-hydrogen) atoms. The van der Waals surface area contributed by atoms with Gasteiger partial charge in [-0.3, -0.25) is 0 Å². The van der Waals surface area contributed by atoms with Crippen molar-refractivity contribution in [1.29, 1.82) is 0 Å². The highest BCUT2D eigenvalue weighted by Gasteiger charge is 2.17. The number of alkyl halides is 2. The predicted molar refractivity (Wildman–Crippen MR) is 94.9 cm³/mol. The Bertz CT molecular complexity index is 1060. The van der Waals surface area contributed by atoms with Gasteiger partial charge in [-0.2, -0.15) is 13.6 Å². The average Bonchev–Trinajstić information content (AvgIpc) is 3.39. The summed E-state index contributed by atoms with van der Waals surface area (Å²) in [5.74, 6) is -0.132.